The number of hydrogen-bond acceptors (Lipinski definition) is 2. The second-order valence-electron chi connectivity index (χ2n) is 5.04. The molecule has 18 heavy (non-hydrogen) atoms. The molecule has 0 radical (unpaired) electrons. The molecule has 1 saturated heterocycles. The maximum atomic E-state index is 5.30. The minimum Gasteiger partial charge on any atom is -0.496 e. The summed E-state index contributed by atoms with van der Waals surface area (Å²) in [5.41, 5.74) is 1.45. The van der Waals surface area contributed by atoms with Gasteiger partial charge in [0, 0.05) is 0 Å². The van der Waals surface area contributed by atoms with Crippen molar-refractivity contribution in [3.05, 3.63) is 28.2 Å². The zero-order chi connectivity index (χ0) is 13.0. The first-order valence-electron chi connectivity index (χ1n) is 6.80. The van der Waals surface area contributed by atoms with Crippen molar-refractivity contribution < 1.29 is 4.74 Å². The van der Waals surface area contributed by atoms with Gasteiger partial charge in [-0.05, 0) is 71.4 Å². The molecular formula is C15H22BrNO. The lowest BCUT2D eigenvalue weighted by Crippen LogP contribution is -2.35. The van der Waals surface area contributed by atoms with Crippen LogP contribution in [0.5, 0.6) is 5.75 Å². The van der Waals surface area contributed by atoms with Crippen molar-refractivity contribution in [2.75, 3.05) is 20.2 Å². The topological polar surface area (TPSA) is 21.3 Å². The Morgan fingerprint density at radius 2 is 2.28 bits per heavy atom. The van der Waals surface area contributed by atoms with E-state index in [2.05, 4.69) is 46.4 Å². The van der Waals surface area contributed by atoms with E-state index in [1.807, 2.05) is 0 Å². The third-order valence-corrected chi connectivity index (χ3v) is 4.49. The molecule has 2 rings (SSSR count). The summed E-state index contributed by atoms with van der Waals surface area (Å²) in [7, 11) is 1.71. The van der Waals surface area contributed by atoms with Crippen LogP contribution in [0.4, 0.5) is 0 Å². The SMILES string of the molecule is CCCC1CNCCC1c1ccc(OC)c(Br)c1. The number of rotatable bonds is 4. The van der Waals surface area contributed by atoms with Gasteiger partial charge in [0.15, 0.2) is 0 Å². The third kappa shape index (κ3) is 3.07. The van der Waals surface area contributed by atoms with Gasteiger partial charge in [-0.15, -0.1) is 0 Å². The van der Waals surface area contributed by atoms with Crippen molar-refractivity contribution in [1.29, 1.82) is 0 Å². The van der Waals surface area contributed by atoms with Crippen LogP contribution in [0.1, 0.15) is 37.7 Å². The Hall–Kier alpha value is -0.540. The van der Waals surface area contributed by atoms with Gasteiger partial charge in [-0.25, -0.2) is 0 Å². The van der Waals surface area contributed by atoms with Crippen LogP contribution in [0.2, 0.25) is 0 Å². The van der Waals surface area contributed by atoms with Crippen molar-refractivity contribution in [3.8, 4) is 5.75 Å². The van der Waals surface area contributed by atoms with Gasteiger partial charge in [0.25, 0.3) is 0 Å². The quantitative estimate of drug-likeness (QED) is 0.909. The molecule has 0 amide bonds. The number of methoxy groups -OCH3 is 1. The van der Waals surface area contributed by atoms with E-state index in [-0.39, 0.29) is 0 Å². The van der Waals surface area contributed by atoms with Gasteiger partial charge in [0.1, 0.15) is 5.75 Å². The summed E-state index contributed by atoms with van der Waals surface area (Å²) in [4.78, 5) is 0. The fourth-order valence-corrected chi connectivity index (χ4v) is 3.51. The van der Waals surface area contributed by atoms with Crippen molar-refractivity contribution in [2.24, 2.45) is 5.92 Å². The standard InChI is InChI=1S/C15H22BrNO/c1-3-4-12-10-17-8-7-13(12)11-5-6-15(18-2)14(16)9-11/h5-6,9,12-13,17H,3-4,7-8,10H2,1-2H3. The Kier molecular flexibility index (Phi) is 5.07. The molecule has 2 unspecified atom stereocenters. The molecule has 1 N–H and O–H groups in total. The summed E-state index contributed by atoms with van der Waals surface area (Å²) in [5.74, 6) is 2.37. The van der Waals surface area contributed by atoms with Gasteiger partial charge in [0.2, 0.25) is 0 Å². The van der Waals surface area contributed by atoms with Gasteiger partial charge in [-0.3, -0.25) is 0 Å². The highest BCUT2D eigenvalue weighted by atomic mass is 79.9. The fourth-order valence-electron chi connectivity index (χ4n) is 2.95. The lowest BCUT2D eigenvalue weighted by molar-refractivity contribution is 0.306. The summed E-state index contributed by atoms with van der Waals surface area (Å²) >= 11 is 3.59. The van der Waals surface area contributed by atoms with E-state index in [1.54, 1.807) is 7.11 Å². The molecule has 1 fully saturated rings. The van der Waals surface area contributed by atoms with Gasteiger partial charge in [-0.2, -0.15) is 0 Å². The number of halogens is 1. The van der Waals surface area contributed by atoms with Crippen LogP contribution in [-0.4, -0.2) is 20.2 Å². The number of nitrogens with one attached hydrogen (secondary N) is 1. The van der Waals surface area contributed by atoms with E-state index >= 15 is 0 Å². The second-order valence-corrected chi connectivity index (χ2v) is 5.90. The summed E-state index contributed by atoms with van der Waals surface area (Å²) in [5, 5.41) is 3.52. The van der Waals surface area contributed by atoms with Crippen molar-refractivity contribution >= 4 is 15.9 Å². The lowest BCUT2D eigenvalue weighted by atomic mass is 9.79. The minimum atomic E-state index is 0.688. The predicted octanol–water partition coefficient (Wildman–Crippen LogP) is 3.95. The monoisotopic (exact) mass is 311 g/mol. The Bertz CT molecular complexity index is 392. The van der Waals surface area contributed by atoms with Crippen molar-refractivity contribution in [1.82, 2.24) is 5.32 Å². The Balaban J connectivity index is 2.19. The first kappa shape index (κ1) is 13.9. The molecule has 100 valence electrons. The van der Waals surface area contributed by atoms with Crippen LogP contribution in [0.25, 0.3) is 0 Å². The smallest absolute Gasteiger partial charge is 0.133 e. The van der Waals surface area contributed by atoms with Crippen LogP contribution in [0, 0.1) is 5.92 Å². The van der Waals surface area contributed by atoms with Crippen LogP contribution in [-0.2, 0) is 0 Å². The van der Waals surface area contributed by atoms with E-state index in [1.165, 1.54) is 24.8 Å². The van der Waals surface area contributed by atoms with Gasteiger partial charge < -0.3 is 10.1 Å². The molecule has 1 aromatic carbocycles. The fraction of sp³-hybridized carbons (Fsp3) is 0.600. The highest BCUT2D eigenvalue weighted by Gasteiger charge is 2.25. The molecule has 2 nitrogen and oxygen atoms in total. The van der Waals surface area contributed by atoms with Crippen LogP contribution in [0.15, 0.2) is 22.7 Å². The zero-order valence-electron chi connectivity index (χ0n) is 11.2. The zero-order valence-corrected chi connectivity index (χ0v) is 12.8. The maximum Gasteiger partial charge on any atom is 0.133 e. The molecule has 0 aliphatic carbocycles. The molecule has 0 aromatic heterocycles. The molecule has 0 bridgehead atoms. The van der Waals surface area contributed by atoms with E-state index in [0.29, 0.717) is 5.92 Å². The van der Waals surface area contributed by atoms with Crippen molar-refractivity contribution in [2.45, 2.75) is 32.1 Å². The number of benzene rings is 1. The molecule has 3 heteroatoms. The average molecular weight is 312 g/mol. The molecule has 1 heterocycles. The minimum absolute atomic E-state index is 0.688. The Morgan fingerprint density at radius 3 is 2.94 bits per heavy atom. The first-order valence-corrected chi connectivity index (χ1v) is 7.59. The molecule has 0 saturated carbocycles. The summed E-state index contributed by atoms with van der Waals surface area (Å²) < 4.78 is 6.37. The first-order chi connectivity index (χ1) is 8.76. The average Bonchev–Trinajstić information content (AvgIpc) is 2.40. The Morgan fingerprint density at radius 1 is 1.44 bits per heavy atom. The van der Waals surface area contributed by atoms with Crippen LogP contribution >= 0.6 is 15.9 Å². The van der Waals surface area contributed by atoms with E-state index < -0.39 is 0 Å². The van der Waals surface area contributed by atoms with Gasteiger partial charge in [0.05, 0.1) is 11.6 Å². The van der Waals surface area contributed by atoms with Gasteiger partial charge in [-0.1, -0.05) is 19.4 Å². The molecule has 2 atom stereocenters. The largest absolute Gasteiger partial charge is 0.496 e. The number of ether oxygens (including phenoxy) is 1. The maximum absolute atomic E-state index is 5.30. The van der Waals surface area contributed by atoms with Gasteiger partial charge >= 0.3 is 0 Å². The Labute approximate surface area is 118 Å². The molecule has 1 aliphatic heterocycles. The van der Waals surface area contributed by atoms with Crippen LogP contribution in [0.3, 0.4) is 0 Å². The van der Waals surface area contributed by atoms with Crippen molar-refractivity contribution in [3.63, 3.8) is 0 Å². The number of hydrogen-bond donors (Lipinski definition) is 1. The molecule has 1 aliphatic rings. The number of piperidine rings is 1. The third-order valence-electron chi connectivity index (χ3n) is 3.87. The normalized spacial score (nSPS) is 23.9. The van der Waals surface area contributed by atoms with Crippen LogP contribution < -0.4 is 10.1 Å². The highest BCUT2D eigenvalue weighted by Crippen LogP contribution is 2.36. The predicted molar refractivity (Wildman–Crippen MR) is 79.3 cm³/mol. The summed E-state index contributed by atoms with van der Waals surface area (Å²) in [6.07, 6.45) is 3.81. The second kappa shape index (κ2) is 6.58. The van der Waals surface area contributed by atoms with E-state index in [9.17, 15) is 0 Å². The summed E-state index contributed by atoms with van der Waals surface area (Å²) in [6.45, 7) is 4.56. The summed E-state index contributed by atoms with van der Waals surface area (Å²) in [6, 6.07) is 6.53. The molecule has 1 aromatic rings. The molecule has 0 spiro atoms. The van der Waals surface area contributed by atoms with E-state index in [0.717, 1.165) is 29.2 Å². The van der Waals surface area contributed by atoms with E-state index in [4.69, 9.17) is 4.74 Å². The molecular weight excluding hydrogens is 290 g/mol. The lowest BCUT2D eigenvalue weighted by Gasteiger charge is -2.32. The highest BCUT2D eigenvalue weighted by molar-refractivity contribution is 9.10.